The highest BCUT2D eigenvalue weighted by atomic mass is 79.9. The van der Waals surface area contributed by atoms with Gasteiger partial charge in [0, 0.05) is 38.4 Å². The monoisotopic (exact) mass is 981 g/mol. The summed E-state index contributed by atoms with van der Waals surface area (Å²) in [5.74, 6) is 6.56. The number of ketones is 2. The zero-order valence-corrected chi connectivity index (χ0v) is 43.0. The van der Waals surface area contributed by atoms with Crippen LogP contribution in [0, 0.1) is 94.7 Å². The van der Waals surface area contributed by atoms with Crippen molar-refractivity contribution in [1.29, 1.82) is 0 Å². The van der Waals surface area contributed by atoms with Gasteiger partial charge >= 0.3 is 0 Å². The number of aromatic nitrogens is 4. The average Bonchev–Trinajstić information content (AvgIpc) is 4.07. The molecule has 0 aromatic carbocycles. The van der Waals surface area contributed by atoms with Crippen LogP contribution in [0.2, 0.25) is 0 Å². The summed E-state index contributed by atoms with van der Waals surface area (Å²) in [7, 11) is 3.71. The van der Waals surface area contributed by atoms with Crippen molar-refractivity contribution in [3.05, 3.63) is 35.9 Å². The average molecular weight is 982 g/mol. The number of H-pyrrole nitrogens is 1. The molecule has 8 fully saturated rings. The maximum absolute atomic E-state index is 13.4. The van der Waals surface area contributed by atoms with Crippen molar-refractivity contribution in [3.8, 4) is 0 Å². The van der Waals surface area contributed by atoms with Crippen LogP contribution < -0.4 is 0 Å². The van der Waals surface area contributed by atoms with Crippen molar-refractivity contribution in [1.82, 2.24) is 20.0 Å². The van der Waals surface area contributed by atoms with E-state index >= 15 is 0 Å². The lowest BCUT2D eigenvalue weighted by Gasteiger charge is -2.62. The predicted octanol–water partition coefficient (Wildman–Crippen LogP) is 11.1. The second-order valence-corrected chi connectivity index (χ2v) is 25.0. The number of rotatable bonds is 9. The normalized spacial score (nSPS) is 44.2. The lowest BCUT2D eigenvalue weighted by molar-refractivity contribution is -0.175. The fraction of sp³-hybridized carbons (Fsp3) is 0.855. The molecule has 8 aliphatic rings. The standard InChI is InChI=1S/C27H42N2O3.C23H37BrO3.C4H6N2.CH4/c1-18-14-28-29(15-18)16-24(30)23-8-7-21-20-6-5-19-13-25(2,31)11-12-27(19,17-32-4)22(20)9-10-26(21,23)3;1-21(26)10-11-23(14-27-3)15(12-21)4-5-16-17-6-7-19(20(25)13-24)22(17,2)9-8-18(16)23;1-4-2-5-6-3-4;/h14-15,19-23,31H,5-13,16-17H2,1-4H3;15-19,26H,4-14H2,1-3H3;2-3H,1H3,(H,5,6);1H4/t19-,20-,21-,22-,23+,25+,26-,27+;15-,16-,17-,18-,19+,21+,22-,23+;;/m00../s1. The third-order valence-electron chi connectivity index (χ3n) is 20.8. The van der Waals surface area contributed by atoms with Gasteiger partial charge in [-0.25, -0.2) is 0 Å². The van der Waals surface area contributed by atoms with Crippen LogP contribution in [0.4, 0.5) is 0 Å². The quantitative estimate of drug-likeness (QED) is 0.211. The second kappa shape index (κ2) is 20.1. The first-order valence-electron chi connectivity index (χ1n) is 25.8. The number of carbonyl (C=O) groups is 2. The largest absolute Gasteiger partial charge is 0.390 e. The molecule has 0 bridgehead atoms. The van der Waals surface area contributed by atoms with E-state index < -0.39 is 11.2 Å². The Morgan fingerprint density at radius 1 is 0.682 bits per heavy atom. The number of ether oxygens (including phenoxy) is 2. The lowest BCUT2D eigenvalue weighted by atomic mass is 9.43. The van der Waals surface area contributed by atoms with Gasteiger partial charge in [0.1, 0.15) is 5.78 Å². The van der Waals surface area contributed by atoms with E-state index in [-0.39, 0.29) is 40.9 Å². The van der Waals surface area contributed by atoms with Gasteiger partial charge in [-0.3, -0.25) is 19.4 Å². The molecule has 10 nitrogen and oxygen atoms in total. The highest BCUT2D eigenvalue weighted by molar-refractivity contribution is 9.09. The first-order valence-corrected chi connectivity index (χ1v) is 27.0. The Kier molecular flexibility index (Phi) is 15.8. The van der Waals surface area contributed by atoms with Crippen LogP contribution in [0.5, 0.6) is 0 Å². The van der Waals surface area contributed by atoms with Gasteiger partial charge in [0.2, 0.25) is 0 Å². The molecule has 0 saturated heterocycles. The Morgan fingerprint density at radius 3 is 1.58 bits per heavy atom. The van der Waals surface area contributed by atoms with Gasteiger partial charge in [0.25, 0.3) is 0 Å². The van der Waals surface area contributed by atoms with Crippen LogP contribution >= 0.6 is 15.9 Å². The van der Waals surface area contributed by atoms with Crippen LogP contribution in [-0.4, -0.2) is 85.7 Å². The molecule has 0 spiro atoms. The summed E-state index contributed by atoms with van der Waals surface area (Å²) in [5.41, 5.74) is 2.06. The Bertz CT molecular complexity index is 1950. The van der Waals surface area contributed by atoms with Gasteiger partial charge in [0.15, 0.2) is 5.78 Å². The number of carbonyl (C=O) groups excluding carboxylic acids is 2. The number of hydrogen-bond acceptors (Lipinski definition) is 8. The Labute approximate surface area is 406 Å². The Hall–Kier alpha value is -1.92. The van der Waals surface area contributed by atoms with E-state index in [1.54, 1.807) is 6.20 Å². The summed E-state index contributed by atoms with van der Waals surface area (Å²) in [5, 5.41) is 32.8. The van der Waals surface area contributed by atoms with Gasteiger partial charge in [-0.2, -0.15) is 10.2 Å². The van der Waals surface area contributed by atoms with E-state index in [1.807, 2.05) is 65.2 Å². The Morgan fingerprint density at radius 2 is 1.18 bits per heavy atom. The number of aryl methyl sites for hydroxylation is 2. The number of aromatic amines is 1. The minimum atomic E-state index is -0.520. The van der Waals surface area contributed by atoms with E-state index in [4.69, 9.17) is 9.47 Å². The molecule has 2 heterocycles. The molecule has 2 aromatic heterocycles. The second-order valence-electron chi connectivity index (χ2n) is 24.4. The maximum atomic E-state index is 13.4. The summed E-state index contributed by atoms with van der Waals surface area (Å²) in [6.07, 6.45) is 27.6. The summed E-state index contributed by atoms with van der Waals surface area (Å²) < 4.78 is 13.5. The van der Waals surface area contributed by atoms with Crippen molar-refractivity contribution >= 4 is 27.5 Å². The molecule has 8 aliphatic carbocycles. The predicted molar refractivity (Wildman–Crippen MR) is 265 cm³/mol. The highest BCUT2D eigenvalue weighted by Crippen LogP contribution is 2.70. The topological polar surface area (TPSA) is 140 Å². The number of alkyl halides is 1. The molecule has 0 radical (unpaired) electrons. The summed E-state index contributed by atoms with van der Waals surface area (Å²) in [4.78, 5) is 26.0. The van der Waals surface area contributed by atoms with Gasteiger partial charge in [-0.1, -0.05) is 37.2 Å². The molecule has 0 amide bonds. The first-order chi connectivity index (χ1) is 30.8. The molecule has 372 valence electrons. The summed E-state index contributed by atoms with van der Waals surface area (Å²) in [6, 6.07) is 0. The lowest BCUT2D eigenvalue weighted by Crippen LogP contribution is -2.58. The smallest absolute Gasteiger partial charge is 0.157 e. The highest BCUT2D eigenvalue weighted by Gasteiger charge is 2.65. The van der Waals surface area contributed by atoms with Crippen molar-refractivity contribution in [2.24, 2.45) is 80.8 Å². The number of hydrogen-bond donors (Lipinski definition) is 3. The zero-order valence-electron chi connectivity index (χ0n) is 41.4. The first kappa shape index (κ1) is 51.9. The Balaban J connectivity index is 0.000000174. The molecule has 0 aliphatic heterocycles. The van der Waals surface area contributed by atoms with E-state index in [9.17, 15) is 19.8 Å². The van der Waals surface area contributed by atoms with Gasteiger partial charge in [-0.15, -0.1) is 0 Å². The molecule has 3 N–H and O–H groups in total. The molecule has 0 unspecified atom stereocenters. The molecular weight excluding hydrogens is 893 g/mol. The number of nitrogens with one attached hydrogen (secondary N) is 1. The third-order valence-corrected chi connectivity index (χ3v) is 21.3. The number of Topliss-reactive ketones (excluding diaryl/α,β-unsaturated/α-hetero) is 2. The van der Waals surface area contributed by atoms with Gasteiger partial charge in [0.05, 0.1) is 48.7 Å². The van der Waals surface area contributed by atoms with Gasteiger partial charge in [-0.05, 0) is 223 Å². The maximum Gasteiger partial charge on any atom is 0.157 e. The minimum absolute atomic E-state index is 0. The fourth-order valence-electron chi connectivity index (χ4n) is 17.9. The van der Waals surface area contributed by atoms with Crippen molar-refractivity contribution in [2.75, 3.05) is 32.8 Å². The zero-order chi connectivity index (χ0) is 46.6. The SMILES string of the molecule is C.COC[C@]12CC[C@@](C)(O)C[C@@H]1CC[C@H]1[C@@H]3CC[C@H](C(=O)CBr)[C@@]3(C)CC[C@@H]12.COC[C@]12CC[C@@](C)(O)C[C@@H]1CC[C@H]1[C@@H]3CC[C@H](C(=O)Cn4cc(C)cn4)[C@@]3(C)CC[C@@H]12.Cc1cn[nH]c1. The summed E-state index contributed by atoms with van der Waals surface area (Å²) in [6.45, 7) is 15.0. The number of methoxy groups -OCH3 is 2. The minimum Gasteiger partial charge on any atom is -0.390 e. The van der Waals surface area contributed by atoms with Crippen LogP contribution in [0.1, 0.15) is 162 Å². The van der Waals surface area contributed by atoms with E-state index in [2.05, 4.69) is 45.1 Å². The van der Waals surface area contributed by atoms with Crippen LogP contribution in [-0.2, 0) is 25.6 Å². The van der Waals surface area contributed by atoms with Crippen molar-refractivity contribution < 1.29 is 29.3 Å². The molecular formula is C55H89BrN4O6. The van der Waals surface area contributed by atoms with E-state index in [1.165, 1.54) is 63.4 Å². The third kappa shape index (κ3) is 9.51. The molecule has 66 heavy (non-hydrogen) atoms. The van der Waals surface area contributed by atoms with E-state index in [0.29, 0.717) is 64.9 Å². The molecule has 11 heteroatoms. The molecule has 2 aromatic rings. The van der Waals surface area contributed by atoms with Crippen molar-refractivity contribution in [3.63, 3.8) is 0 Å². The van der Waals surface area contributed by atoms with Gasteiger partial charge < -0.3 is 19.7 Å². The number of nitrogens with zero attached hydrogens (tertiary/aromatic N) is 3. The molecule has 10 rings (SSSR count). The fourth-order valence-corrected chi connectivity index (χ4v) is 18.2. The van der Waals surface area contributed by atoms with Crippen molar-refractivity contribution in [2.45, 2.75) is 182 Å². The summed E-state index contributed by atoms with van der Waals surface area (Å²) >= 11 is 3.43. The van der Waals surface area contributed by atoms with Crippen LogP contribution in [0.15, 0.2) is 24.8 Å². The molecule has 8 saturated carbocycles. The number of halogens is 1. The van der Waals surface area contributed by atoms with E-state index in [0.717, 1.165) is 82.5 Å². The van der Waals surface area contributed by atoms with Crippen LogP contribution in [0.25, 0.3) is 0 Å². The number of fused-ring (bicyclic) bond motifs is 10. The van der Waals surface area contributed by atoms with Crippen LogP contribution in [0.3, 0.4) is 0 Å². The molecule has 16 atom stereocenters. The number of aliphatic hydroxyl groups is 2.